The minimum atomic E-state index is -1.27. The van der Waals surface area contributed by atoms with Gasteiger partial charge >= 0.3 is 5.97 Å². The number of rotatable bonds is 6. The number of hydrogen-bond donors (Lipinski definition) is 1. The summed E-state index contributed by atoms with van der Waals surface area (Å²) >= 11 is 0. The van der Waals surface area contributed by atoms with Gasteiger partial charge in [-0.3, -0.25) is 14.3 Å². The van der Waals surface area contributed by atoms with Crippen LogP contribution in [0, 0.1) is 19.8 Å². The molecule has 0 bridgehead atoms. The number of carbonyl (C=O) groups is 2. The maximum absolute atomic E-state index is 13.2. The molecule has 1 N–H and O–H groups in total. The maximum atomic E-state index is 13.2. The topological polar surface area (TPSA) is 97.4 Å². The van der Waals surface area contributed by atoms with Crippen LogP contribution >= 0.6 is 0 Å². The molecule has 1 saturated heterocycles. The van der Waals surface area contributed by atoms with Gasteiger partial charge in [0.25, 0.3) is 5.91 Å². The van der Waals surface area contributed by atoms with Gasteiger partial charge in [-0.2, -0.15) is 5.10 Å². The van der Waals surface area contributed by atoms with Crippen molar-refractivity contribution in [1.29, 1.82) is 0 Å². The second-order valence-electron chi connectivity index (χ2n) is 8.98. The largest absolute Gasteiger partial charge is 0.477 e. The van der Waals surface area contributed by atoms with E-state index in [9.17, 15) is 19.5 Å². The molecule has 1 aromatic carbocycles. The number of aryl methyl sites for hydroxylation is 2. The minimum Gasteiger partial charge on any atom is -0.477 e. The smallest absolute Gasteiger partial charge is 0.341 e. The fourth-order valence-corrected chi connectivity index (χ4v) is 4.19. The number of benzene rings is 1. The molecule has 3 aromatic rings. The fourth-order valence-electron chi connectivity index (χ4n) is 4.19. The summed E-state index contributed by atoms with van der Waals surface area (Å²) in [5.41, 5.74) is 2.84. The monoisotopic (exact) mass is 436 g/mol. The molecule has 3 heterocycles. The van der Waals surface area contributed by atoms with Gasteiger partial charge in [0.1, 0.15) is 5.56 Å². The summed E-state index contributed by atoms with van der Waals surface area (Å²) in [7, 11) is 0. The Bertz CT molecular complexity index is 1280. The SMILES string of the molecule is Cc1cc(C)n(Cc2cc3c(cc2C(=O)N2CCC2)c(=O)c(C(=O)O)cn3CC(C)C)n1. The number of pyridine rings is 1. The highest BCUT2D eigenvalue weighted by atomic mass is 16.4. The number of nitrogens with zero attached hydrogens (tertiary/aromatic N) is 4. The van der Waals surface area contributed by atoms with E-state index in [0.717, 1.165) is 23.4 Å². The molecule has 8 heteroatoms. The number of carboxylic acid groups (broad SMARTS) is 1. The van der Waals surface area contributed by atoms with Crippen molar-refractivity contribution >= 4 is 22.8 Å². The molecular formula is C24H28N4O4. The Balaban J connectivity index is 1.97. The van der Waals surface area contributed by atoms with Crippen LogP contribution in [0.1, 0.15) is 57.9 Å². The Morgan fingerprint density at radius 2 is 1.84 bits per heavy atom. The first-order chi connectivity index (χ1) is 15.2. The first-order valence-corrected chi connectivity index (χ1v) is 10.9. The van der Waals surface area contributed by atoms with Gasteiger partial charge in [0.05, 0.1) is 17.8 Å². The molecule has 0 saturated carbocycles. The van der Waals surface area contributed by atoms with Crippen molar-refractivity contribution in [3.63, 3.8) is 0 Å². The molecule has 0 atom stereocenters. The predicted octanol–water partition coefficient (Wildman–Crippen LogP) is 3.06. The summed E-state index contributed by atoms with van der Waals surface area (Å²) in [6, 6.07) is 5.42. The summed E-state index contributed by atoms with van der Waals surface area (Å²) in [6.07, 6.45) is 2.37. The molecule has 8 nitrogen and oxygen atoms in total. The lowest BCUT2D eigenvalue weighted by Crippen LogP contribution is -2.42. The van der Waals surface area contributed by atoms with Crippen molar-refractivity contribution in [3.8, 4) is 0 Å². The molecule has 2 aromatic heterocycles. The van der Waals surface area contributed by atoms with E-state index >= 15 is 0 Å². The first kappa shape index (κ1) is 21.8. The third-order valence-electron chi connectivity index (χ3n) is 5.89. The Morgan fingerprint density at radius 1 is 1.12 bits per heavy atom. The van der Waals surface area contributed by atoms with E-state index in [-0.39, 0.29) is 22.8 Å². The van der Waals surface area contributed by atoms with Crippen molar-refractivity contribution in [1.82, 2.24) is 19.2 Å². The van der Waals surface area contributed by atoms with Gasteiger partial charge in [-0.25, -0.2) is 4.79 Å². The van der Waals surface area contributed by atoms with Crippen molar-refractivity contribution in [2.75, 3.05) is 13.1 Å². The number of likely N-dealkylation sites (tertiary alicyclic amines) is 1. The number of aromatic nitrogens is 3. The van der Waals surface area contributed by atoms with Crippen LogP contribution in [0.15, 0.2) is 29.2 Å². The molecular weight excluding hydrogens is 408 g/mol. The van der Waals surface area contributed by atoms with Crippen LogP contribution < -0.4 is 5.43 Å². The van der Waals surface area contributed by atoms with Gasteiger partial charge in [0.15, 0.2) is 0 Å². The molecule has 1 fully saturated rings. The standard InChI is InChI=1S/C24H28N4O4/c1-14(2)11-27-13-20(24(31)32)22(29)19-10-18(23(30)26-6-5-7-26)17(9-21(19)27)12-28-16(4)8-15(3)25-28/h8-10,13-14H,5-7,11-12H2,1-4H3,(H,31,32). The quantitative estimate of drug-likeness (QED) is 0.641. The van der Waals surface area contributed by atoms with E-state index in [4.69, 9.17) is 0 Å². The number of carbonyl (C=O) groups excluding carboxylic acids is 1. The van der Waals surface area contributed by atoms with Crippen LogP contribution in [0.25, 0.3) is 10.9 Å². The minimum absolute atomic E-state index is 0.134. The number of aromatic carboxylic acids is 1. The molecule has 1 aliphatic heterocycles. The second kappa shape index (κ2) is 8.26. The van der Waals surface area contributed by atoms with Crippen molar-refractivity contribution in [2.45, 2.75) is 47.2 Å². The predicted molar refractivity (Wildman–Crippen MR) is 121 cm³/mol. The van der Waals surface area contributed by atoms with E-state index in [1.165, 1.54) is 6.20 Å². The lowest BCUT2D eigenvalue weighted by atomic mass is 9.99. The van der Waals surface area contributed by atoms with Gasteiger partial charge in [0.2, 0.25) is 5.43 Å². The highest BCUT2D eigenvalue weighted by Crippen LogP contribution is 2.24. The second-order valence-corrected chi connectivity index (χ2v) is 8.98. The van der Waals surface area contributed by atoms with Crippen molar-refractivity contribution in [2.24, 2.45) is 5.92 Å². The molecule has 0 spiro atoms. The summed E-state index contributed by atoms with van der Waals surface area (Å²) in [5.74, 6) is -1.16. The summed E-state index contributed by atoms with van der Waals surface area (Å²) in [4.78, 5) is 39.7. The molecule has 168 valence electrons. The van der Waals surface area contributed by atoms with Crippen molar-refractivity contribution < 1.29 is 14.7 Å². The summed E-state index contributed by atoms with van der Waals surface area (Å²) in [5, 5.41) is 14.4. The van der Waals surface area contributed by atoms with E-state index < -0.39 is 11.4 Å². The first-order valence-electron chi connectivity index (χ1n) is 10.9. The highest BCUT2D eigenvalue weighted by Gasteiger charge is 2.26. The lowest BCUT2D eigenvalue weighted by Gasteiger charge is -2.31. The van der Waals surface area contributed by atoms with E-state index in [0.29, 0.717) is 37.3 Å². The number of fused-ring (bicyclic) bond motifs is 1. The zero-order valence-electron chi connectivity index (χ0n) is 18.9. The highest BCUT2D eigenvalue weighted by molar-refractivity contribution is 6.01. The normalized spacial score (nSPS) is 13.6. The molecule has 32 heavy (non-hydrogen) atoms. The van der Waals surface area contributed by atoms with Crippen LogP contribution in [-0.4, -0.2) is 49.3 Å². The Labute approximate surface area is 186 Å². The number of carboxylic acids is 1. The van der Waals surface area contributed by atoms with Crippen LogP contribution in [0.5, 0.6) is 0 Å². The van der Waals surface area contributed by atoms with Crippen LogP contribution in [0.4, 0.5) is 0 Å². The summed E-state index contributed by atoms with van der Waals surface area (Å²) in [6.45, 7) is 10.3. The van der Waals surface area contributed by atoms with Gasteiger partial charge in [0, 0.05) is 42.5 Å². The number of amides is 1. The molecule has 0 aliphatic carbocycles. The van der Waals surface area contributed by atoms with E-state index in [1.807, 2.05) is 49.1 Å². The molecule has 0 radical (unpaired) electrons. The Kier molecular flexibility index (Phi) is 5.62. The van der Waals surface area contributed by atoms with Gasteiger partial charge in [-0.15, -0.1) is 0 Å². The zero-order valence-corrected chi connectivity index (χ0v) is 18.9. The summed E-state index contributed by atoms with van der Waals surface area (Å²) < 4.78 is 3.66. The lowest BCUT2D eigenvalue weighted by molar-refractivity contribution is 0.0649. The average molecular weight is 437 g/mol. The zero-order chi connectivity index (χ0) is 23.2. The average Bonchev–Trinajstić information content (AvgIpc) is 2.98. The van der Waals surface area contributed by atoms with Gasteiger partial charge in [-0.1, -0.05) is 13.8 Å². The van der Waals surface area contributed by atoms with E-state index in [2.05, 4.69) is 5.10 Å². The van der Waals surface area contributed by atoms with E-state index in [1.54, 1.807) is 11.0 Å². The van der Waals surface area contributed by atoms with Gasteiger partial charge in [-0.05, 0) is 49.9 Å². The molecule has 0 unspecified atom stereocenters. The Morgan fingerprint density at radius 3 is 2.38 bits per heavy atom. The maximum Gasteiger partial charge on any atom is 0.341 e. The van der Waals surface area contributed by atoms with Gasteiger partial charge < -0.3 is 14.6 Å². The molecule has 1 aliphatic rings. The van der Waals surface area contributed by atoms with Crippen LogP contribution in [-0.2, 0) is 13.1 Å². The fraction of sp³-hybridized carbons (Fsp3) is 0.417. The van der Waals surface area contributed by atoms with Crippen molar-refractivity contribution in [3.05, 3.63) is 62.7 Å². The molecule has 4 rings (SSSR count). The third kappa shape index (κ3) is 3.92. The van der Waals surface area contributed by atoms with Crippen LogP contribution in [0.2, 0.25) is 0 Å². The van der Waals surface area contributed by atoms with Crippen LogP contribution in [0.3, 0.4) is 0 Å². The Hall–Kier alpha value is -3.42. The number of hydrogen-bond acceptors (Lipinski definition) is 4. The molecule has 1 amide bonds. The third-order valence-corrected chi connectivity index (χ3v) is 5.89.